The summed E-state index contributed by atoms with van der Waals surface area (Å²) in [4.78, 5) is 17.4. The minimum atomic E-state index is -0.301. The van der Waals surface area contributed by atoms with Gasteiger partial charge in [-0.15, -0.1) is 12.6 Å². The fourth-order valence-electron chi connectivity index (χ4n) is 0.744. The Morgan fingerprint density at radius 3 is 2.73 bits per heavy atom. The van der Waals surface area contributed by atoms with Gasteiger partial charge in [0.2, 0.25) is 5.75 Å². The lowest BCUT2D eigenvalue weighted by molar-refractivity contribution is 0.392. The van der Waals surface area contributed by atoms with Crippen molar-refractivity contribution in [1.82, 2.24) is 9.97 Å². The number of rotatable bonds is 1. The van der Waals surface area contributed by atoms with Gasteiger partial charge >= 0.3 is 0 Å². The highest BCUT2D eigenvalue weighted by Gasteiger charge is 2.05. The fraction of sp³-hybridized carbons (Fsp3) is 0.333. The van der Waals surface area contributed by atoms with Crippen LogP contribution < -0.4 is 10.3 Å². The van der Waals surface area contributed by atoms with E-state index in [2.05, 4.69) is 22.6 Å². The summed E-state index contributed by atoms with van der Waals surface area (Å²) in [6.07, 6.45) is 0. The molecule has 1 heterocycles. The first kappa shape index (κ1) is 8.13. The third-order valence-electron chi connectivity index (χ3n) is 1.18. The zero-order valence-electron chi connectivity index (χ0n) is 6.21. The Balaban J connectivity index is 3.37. The summed E-state index contributed by atoms with van der Waals surface area (Å²) in [5.74, 6) is 0.680. The van der Waals surface area contributed by atoms with Crippen LogP contribution in [0.4, 0.5) is 0 Å². The van der Waals surface area contributed by atoms with E-state index in [0.717, 1.165) is 0 Å². The first-order valence-corrected chi connectivity index (χ1v) is 3.43. The van der Waals surface area contributed by atoms with Crippen LogP contribution in [-0.4, -0.2) is 17.1 Å². The molecule has 0 aliphatic carbocycles. The Kier molecular flexibility index (Phi) is 2.19. The molecule has 0 aliphatic rings. The molecule has 11 heavy (non-hydrogen) atoms. The average Bonchev–Trinajstić information content (AvgIpc) is 1.85. The molecule has 0 radical (unpaired) electrons. The fourth-order valence-corrected chi connectivity index (χ4v) is 1.09. The quantitative estimate of drug-likeness (QED) is 0.475. The lowest BCUT2D eigenvalue weighted by Gasteiger charge is -2.00. The third-order valence-corrected chi connectivity index (χ3v) is 1.48. The minimum absolute atomic E-state index is 0.152. The van der Waals surface area contributed by atoms with Crippen LogP contribution in [0, 0.1) is 6.92 Å². The van der Waals surface area contributed by atoms with Gasteiger partial charge in [0.05, 0.1) is 7.11 Å². The van der Waals surface area contributed by atoms with Crippen molar-refractivity contribution >= 4 is 12.6 Å². The highest BCUT2D eigenvalue weighted by Crippen LogP contribution is 2.12. The average molecular weight is 172 g/mol. The largest absolute Gasteiger partial charge is 0.489 e. The Morgan fingerprint density at radius 2 is 2.27 bits per heavy atom. The monoisotopic (exact) mass is 172 g/mol. The molecule has 0 spiro atoms. The zero-order valence-corrected chi connectivity index (χ0v) is 7.11. The smallest absolute Gasteiger partial charge is 0.294 e. The van der Waals surface area contributed by atoms with Crippen LogP contribution in [0.15, 0.2) is 9.82 Å². The maximum Gasteiger partial charge on any atom is 0.294 e. The van der Waals surface area contributed by atoms with Crippen molar-refractivity contribution in [3.05, 3.63) is 16.2 Å². The van der Waals surface area contributed by atoms with Gasteiger partial charge in [0.25, 0.3) is 5.56 Å². The Morgan fingerprint density at radius 1 is 1.64 bits per heavy atom. The van der Waals surface area contributed by atoms with E-state index in [-0.39, 0.29) is 11.3 Å². The summed E-state index contributed by atoms with van der Waals surface area (Å²) in [6.45, 7) is 1.68. The number of thiol groups is 1. The van der Waals surface area contributed by atoms with Gasteiger partial charge in [-0.1, -0.05) is 0 Å². The van der Waals surface area contributed by atoms with Gasteiger partial charge in [-0.2, -0.15) is 0 Å². The van der Waals surface area contributed by atoms with Crippen LogP contribution in [-0.2, 0) is 0 Å². The third kappa shape index (κ3) is 1.54. The van der Waals surface area contributed by atoms with E-state index >= 15 is 0 Å². The summed E-state index contributed by atoms with van der Waals surface area (Å²) in [7, 11) is 1.40. The molecule has 1 aromatic rings. The Bertz CT molecular complexity index is 321. The van der Waals surface area contributed by atoms with E-state index in [1.54, 1.807) is 6.92 Å². The number of nitrogens with zero attached hydrogens (tertiary/aromatic N) is 1. The maximum atomic E-state index is 11.0. The standard InChI is InChI=1S/C6H8N2O2S/c1-3-7-5(9)4(10-2)6(11)8-3/h1-2H3,(H2,7,8,9,11). The Labute approximate surface area is 69.0 Å². The van der Waals surface area contributed by atoms with Crippen molar-refractivity contribution < 1.29 is 4.74 Å². The van der Waals surface area contributed by atoms with Crippen molar-refractivity contribution in [2.24, 2.45) is 0 Å². The van der Waals surface area contributed by atoms with Gasteiger partial charge in [0.1, 0.15) is 10.9 Å². The number of methoxy groups -OCH3 is 1. The van der Waals surface area contributed by atoms with Crippen molar-refractivity contribution in [3.8, 4) is 5.75 Å². The highest BCUT2D eigenvalue weighted by molar-refractivity contribution is 7.80. The number of aromatic nitrogens is 2. The van der Waals surface area contributed by atoms with Gasteiger partial charge < -0.3 is 9.72 Å². The summed E-state index contributed by atoms with van der Waals surface area (Å²) in [5.41, 5.74) is -0.301. The number of nitrogens with one attached hydrogen (secondary N) is 1. The first-order valence-electron chi connectivity index (χ1n) is 2.99. The molecule has 0 amide bonds. The number of hydrogen-bond acceptors (Lipinski definition) is 4. The number of ether oxygens (including phenoxy) is 1. The molecule has 0 saturated carbocycles. The van der Waals surface area contributed by atoms with E-state index in [9.17, 15) is 4.79 Å². The molecule has 4 nitrogen and oxygen atoms in total. The number of hydrogen-bond donors (Lipinski definition) is 2. The van der Waals surface area contributed by atoms with Crippen LogP contribution in [0.25, 0.3) is 0 Å². The molecule has 0 atom stereocenters. The summed E-state index contributed by atoms with van der Waals surface area (Å²) >= 11 is 3.96. The van der Waals surface area contributed by atoms with Gasteiger partial charge in [0.15, 0.2) is 0 Å². The van der Waals surface area contributed by atoms with Gasteiger partial charge in [-0.3, -0.25) is 4.79 Å². The SMILES string of the molecule is COc1c(S)nc(C)[nH]c1=O. The zero-order chi connectivity index (χ0) is 8.43. The van der Waals surface area contributed by atoms with Crippen molar-refractivity contribution in [2.45, 2.75) is 11.9 Å². The maximum absolute atomic E-state index is 11.0. The second-order valence-electron chi connectivity index (χ2n) is 2.01. The lowest BCUT2D eigenvalue weighted by Crippen LogP contribution is -2.12. The van der Waals surface area contributed by atoms with Gasteiger partial charge in [0, 0.05) is 0 Å². The van der Waals surface area contributed by atoms with E-state index in [4.69, 9.17) is 4.74 Å². The molecule has 0 bridgehead atoms. The molecule has 0 aromatic carbocycles. The second-order valence-corrected chi connectivity index (χ2v) is 2.43. The lowest BCUT2D eigenvalue weighted by atomic mass is 10.5. The molecule has 60 valence electrons. The molecule has 0 unspecified atom stereocenters. The molecule has 0 aliphatic heterocycles. The number of H-pyrrole nitrogens is 1. The molecule has 1 N–H and O–H groups in total. The predicted octanol–water partition coefficient (Wildman–Crippen LogP) is 0.376. The van der Waals surface area contributed by atoms with Crippen LogP contribution >= 0.6 is 12.6 Å². The van der Waals surface area contributed by atoms with Crippen LogP contribution in [0.5, 0.6) is 5.75 Å². The van der Waals surface area contributed by atoms with Gasteiger partial charge in [-0.25, -0.2) is 4.98 Å². The van der Waals surface area contributed by atoms with Gasteiger partial charge in [-0.05, 0) is 6.92 Å². The Hall–Kier alpha value is -0.970. The van der Waals surface area contributed by atoms with E-state index in [0.29, 0.717) is 10.9 Å². The molecular weight excluding hydrogens is 164 g/mol. The van der Waals surface area contributed by atoms with Crippen LogP contribution in [0.2, 0.25) is 0 Å². The summed E-state index contributed by atoms with van der Waals surface area (Å²) < 4.78 is 4.75. The van der Waals surface area contributed by atoms with Crippen molar-refractivity contribution in [2.75, 3.05) is 7.11 Å². The molecule has 1 rings (SSSR count). The number of aryl methyl sites for hydroxylation is 1. The second kappa shape index (κ2) is 2.96. The number of aromatic amines is 1. The van der Waals surface area contributed by atoms with Crippen molar-refractivity contribution in [3.63, 3.8) is 0 Å². The van der Waals surface area contributed by atoms with Crippen molar-refractivity contribution in [1.29, 1.82) is 0 Å². The molecule has 0 saturated heterocycles. The van der Waals surface area contributed by atoms with E-state index < -0.39 is 0 Å². The minimum Gasteiger partial charge on any atom is -0.489 e. The van der Waals surface area contributed by atoms with Crippen LogP contribution in [0.1, 0.15) is 5.82 Å². The first-order chi connectivity index (χ1) is 5.15. The van der Waals surface area contributed by atoms with E-state index in [1.807, 2.05) is 0 Å². The normalized spacial score (nSPS) is 9.73. The molecule has 5 heteroatoms. The summed E-state index contributed by atoms with van der Waals surface area (Å²) in [5, 5.41) is 0.314. The van der Waals surface area contributed by atoms with Crippen LogP contribution in [0.3, 0.4) is 0 Å². The molecular formula is C6H8N2O2S. The van der Waals surface area contributed by atoms with E-state index in [1.165, 1.54) is 7.11 Å². The summed E-state index contributed by atoms with van der Waals surface area (Å²) in [6, 6.07) is 0. The molecule has 0 fully saturated rings. The topological polar surface area (TPSA) is 55.0 Å². The highest BCUT2D eigenvalue weighted by atomic mass is 32.1. The molecule has 1 aromatic heterocycles. The predicted molar refractivity (Wildman–Crippen MR) is 43.4 cm³/mol.